The van der Waals surface area contributed by atoms with Crippen molar-refractivity contribution in [2.24, 2.45) is 0 Å². The van der Waals surface area contributed by atoms with Crippen molar-refractivity contribution < 1.29 is 9.90 Å². The van der Waals surface area contributed by atoms with Crippen molar-refractivity contribution in [1.82, 2.24) is 19.7 Å². The normalized spacial score (nSPS) is 12.0. The quantitative estimate of drug-likeness (QED) is 0.850. The average molecular weight is 331 g/mol. The molecule has 0 spiro atoms. The fourth-order valence-electron chi connectivity index (χ4n) is 2.33. The molecule has 0 bridgehead atoms. The largest absolute Gasteiger partial charge is 0.393 e. The molecule has 2 N–H and O–H groups in total. The van der Waals surface area contributed by atoms with Crippen LogP contribution in [0.1, 0.15) is 30.6 Å². The van der Waals surface area contributed by atoms with Gasteiger partial charge < -0.3 is 15.3 Å². The van der Waals surface area contributed by atoms with E-state index in [1.807, 2.05) is 42.8 Å². The van der Waals surface area contributed by atoms with Crippen LogP contribution in [0.15, 0.2) is 24.3 Å². The van der Waals surface area contributed by atoms with Gasteiger partial charge in [0, 0.05) is 19.3 Å². The molecule has 1 aromatic carbocycles. The van der Waals surface area contributed by atoms with Crippen LogP contribution in [0.2, 0.25) is 0 Å². The number of hydrogen-bond donors (Lipinski definition) is 2. The highest BCUT2D eigenvalue weighted by Crippen LogP contribution is 2.13. The summed E-state index contributed by atoms with van der Waals surface area (Å²) in [5.74, 6) is 1.61. The molecule has 7 heteroatoms. The molecule has 2 rings (SSSR count). The summed E-state index contributed by atoms with van der Waals surface area (Å²) in [6.07, 6.45) is 0.132. The number of nitrogens with one attached hydrogen (secondary N) is 1. The Balaban J connectivity index is 1.99. The van der Waals surface area contributed by atoms with Crippen LogP contribution in [-0.2, 0) is 6.54 Å². The van der Waals surface area contributed by atoms with Crippen LogP contribution in [0.3, 0.4) is 0 Å². The number of urea groups is 1. The van der Waals surface area contributed by atoms with Crippen molar-refractivity contribution in [3.05, 3.63) is 41.5 Å². The average Bonchev–Trinajstić information content (AvgIpc) is 2.82. The SMILES string of the molecule is Cc1nc(C)n(Cc2cccc(NC(=O)N(C)CC[C@@H](C)O)c2)n1. The van der Waals surface area contributed by atoms with Gasteiger partial charge in [0.1, 0.15) is 11.6 Å². The maximum Gasteiger partial charge on any atom is 0.321 e. The van der Waals surface area contributed by atoms with Gasteiger partial charge in [0.05, 0.1) is 12.6 Å². The Morgan fingerprint density at radius 3 is 2.79 bits per heavy atom. The first-order valence-corrected chi connectivity index (χ1v) is 8.02. The van der Waals surface area contributed by atoms with Gasteiger partial charge in [0.25, 0.3) is 0 Å². The van der Waals surface area contributed by atoms with Gasteiger partial charge in [0.15, 0.2) is 0 Å². The van der Waals surface area contributed by atoms with Crippen molar-refractivity contribution >= 4 is 11.7 Å². The lowest BCUT2D eigenvalue weighted by Crippen LogP contribution is -2.33. The van der Waals surface area contributed by atoms with Crippen molar-refractivity contribution in [3.63, 3.8) is 0 Å². The zero-order chi connectivity index (χ0) is 17.7. The first-order valence-electron chi connectivity index (χ1n) is 8.02. The van der Waals surface area contributed by atoms with Crippen LogP contribution in [-0.4, -0.2) is 50.5 Å². The summed E-state index contributed by atoms with van der Waals surface area (Å²) >= 11 is 0. The molecule has 2 amide bonds. The highest BCUT2D eigenvalue weighted by molar-refractivity contribution is 5.89. The van der Waals surface area contributed by atoms with E-state index in [9.17, 15) is 9.90 Å². The van der Waals surface area contributed by atoms with E-state index in [-0.39, 0.29) is 6.03 Å². The minimum atomic E-state index is -0.419. The Kier molecular flexibility index (Phi) is 5.92. The first-order chi connectivity index (χ1) is 11.3. The van der Waals surface area contributed by atoms with Gasteiger partial charge in [-0.3, -0.25) is 0 Å². The Morgan fingerprint density at radius 1 is 1.42 bits per heavy atom. The third kappa shape index (κ3) is 5.06. The molecule has 0 aliphatic carbocycles. The number of aromatic nitrogens is 3. The third-order valence-corrected chi connectivity index (χ3v) is 3.70. The second kappa shape index (κ2) is 7.92. The maximum atomic E-state index is 12.2. The van der Waals surface area contributed by atoms with E-state index in [1.165, 1.54) is 0 Å². The molecule has 2 aromatic rings. The molecular weight excluding hydrogens is 306 g/mol. The summed E-state index contributed by atoms with van der Waals surface area (Å²) < 4.78 is 1.84. The van der Waals surface area contributed by atoms with Gasteiger partial charge in [-0.1, -0.05) is 12.1 Å². The Morgan fingerprint density at radius 2 is 2.17 bits per heavy atom. The summed E-state index contributed by atoms with van der Waals surface area (Å²) in [6.45, 7) is 6.60. The van der Waals surface area contributed by atoms with Crippen LogP contribution in [0.4, 0.5) is 10.5 Å². The molecule has 24 heavy (non-hydrogen) atoms. The number of carbonyl (C=O) groups excluding carboxylic acids is 1. The Bertz CT molecular complexity index is 696. The lowest BCUT2D eigenvalue weighted by atomic mass is 10.2. The van der Waals surface area contributed by atoms with Crippen molar-refractivity contribution in [1.29, 1.82) is 0 Å². The van der Waals surface area contributed by atoms with Gasteiger partial charge >= 0.3 is 6.03 Å². The molecule has 0 unspecified atom stereocenters. The molecule has 0 fully saturated rings. The topological polar surface area (TPSA) is 83.3 Å². The molecular formula is C17H25N5O2. The van der Waals surface area contributed by atoms with Crippen LogP contribution in [0, 0.1) is 13.8 Å². The van der Waals surface area contributed by atoms with Gasteiger partial charge in [-0.15, -0.1) is 0 Å². The second-order valence-corrected chi connectivity index (χ2v) is 6.05. The standard InChI is InChI=1S/C17H25N5O2/c1-12(23)8-9-21(4)17(24)19-16-7-5-6-15(10-16)11-22-14(3)18-13(2)20-22/h5-7,10,12,23H,8-9,11H2,1-4H3,(H,19,24)/t12-/m1/s1. The van der Waals surface area contributed by atoms with Crippen LogP contribution in [0.25, 0.3) is 0 Å². The first kappa shape index (κ1) is 17.9. The molecule has 0 aliphatic heterocycles. The molecule has 1 aromatic heterocycles. The number of hydrogen-bond acceptors (Lipinski definition) is 4. The summed E-state index contributed by atoms with van der Waals surface area (Å²) in [7, 11) is 1.71. The minimum Gasteiger partial charge on any atom is -0.393 e. The fraction of sp³-hybridized carbons (Fsp3) is 0.471. The predicted octanol–water partition coefficient (Wildman–Crippen LogP) is 2.18. The lowest BCUT2D eigenvalue weighted by Gasteiger charge is -2.19. The van der Waals surface area contributed by atoms with E-state index in [0.29, 0.717) is 19.5 Å². The fourth-order valence-corrected chi connectivity index (χ4v) is 2.33. The van der Waals surface area contributed by atoms with E-state index >= 15 is 0 Å². The molecule has 1 heterocycles. The van der Waals surface area contributed by atoms with Gasteiger partial charge in [-0.25, -0.2) is 14.5 Å². The summed E-state index contributed by atoms with van der Waals surface area (Å²) in [5.41, 5.74) is 1.77. The van der Waals surface area contributed by atoms with E-state index in [1.54, 1.807) is 18.9 Å². The number of aryl methyl sites for hydroxylation is 2. The molecule has 7 nitrogen and oxygen atoms in total. The van der Waals surface area contributed by atoms with Crippen molar-refractivity contribution in [3.8, 4) is 0 Å². The number of anilines is 1. The molecule has 0 radical (unpaired) electrons. The monoisotopic (exact) mass is 331 g/mol. The molecule has 130 valence electrons. The van der Waals surface area contributed by atoms with E-state index < -0.39 is 6.10 Å². The molecule has 0 aliphatic rings. The number of amides is 2. The van der Waals surface area contributed by atoms with Crippen LogP contribution in [0.5, 0.6) is 0 Å². The maximum absolute atomic E-state index is 12.2. The zero-order valence-corrected chi connectivity index (χ0v) is 14.7. The lowest BCUT2D eigenvalue weighted by molar-refractivity contribution is 0.167. The predicted molar refractivity (Wildman–Crippen MR) is 93.0 cm³/mol. The van der Waals surface area contributed by atoms with Gasteiger partial charge in [-0.05, 0) is 44.9 Å². The Labute approximate surface area is 142 Å². The number of carbonyl (C=O) groups is 1. The highest BCUT2D eigenvalue weighted by atomic mass is 16.3. The molecule has 0 saturated heterocycles. The number of nitrogens with zero attached hydrogens (tertiary/aromatic N) is 4. The summed E-state index contributed by atoms with van der Waals surface area (Å²) in [6, 6.07) is 7.48. The Hall–Kier alpha value is -2.41. The van der Waals surface area contributed by atoms with E-state index in [0.717, 1.165) is 22.9 Å². The number of benzene rings is 1. The third-order valence-electron chi connectivity index (χ3n) is 3.70. The summed E-state index contributed by atoms with van der Waals surface area (Å²) in [5, 5.41) is 16.5. The van der Waals surface area contributed by atoms with Crippen LogP contribution < -0.4 is 5.32 Å². The zero-order valence-electron chi connectivity index (χ0n) is 14.7. The van der Waals surface area contributed by atoms with Gasteiger partial charge in [-0.2, -0.15) is 5.10 Å². The van der Waals surface area contributed by atoms with E-state index in [4.69, 9.17) is 0 Å². The van der Waals surface area contributed by atoms with E-state index in [2.05, 4.69) is 15.4 Å². The smallest absolute Gasteiger partial charge is 0.321 e. The van der Waals surface area contributed by atoms with Crippen molar-refractivity contribution in [2.75, 3.05) is 18.9 Å². The van der Waals surface area contributed by atoms with Gasteiger partial charge in [0.2, 0.25) is 0 Å². The minimum absolute atomic E-state index is 0.194. The number of aliphatic hydroxyl groups is 1. The molecule has 0 saturated carbocycles. The van der Waals surface area contributed by atoms with Crippen LogP contribution >= 0.6 is 0 Å². The number of rotatable bonds is 6. The molecule has 1 atom stereocenters. The van der Waals surface area contributed by atoms with Crippen molar-refractivity contribution in [2.45, 2.75) is 39.8 Å². The number of aliphatic hydroxyl groups excluding tert-OH is 1. The highest BCUT2D eigenvalue weighted by Gasteiger charge is 2.10. The summed E-state index contributed by atoms with van der Waals surface area (Å²) in [4.78, 5) is 18.0. The second-order valence-electron chi connectivity index (χ2n) is 6.05.